The number of hydrogen-bond acceptors (Lipinski definition) is 4. The van der Waals surface area contributed by atoms with Gasteiger partial charge in [-0.2, -0.15) is 0 Å². The summed E-state index contributed by atoms with van der Waals surface area (Å²) in [5, 5.41) is 2.90. The normalized spacial score (nSPS) is 26.1. The molecule has 17 heavy (non-hydrogen) atoms. The minimum Gasteiger partial charge on any atom is -0.444 e. The van der Waals surface area contributed by atoms with E-state index in [1.807, 2.05) is 20.8 Å². The third-order valence-corrected chi connectivity index (χ3v) is 2.78. The molecule has 1 heterocycles. The molecule has 1 rings (SSSR count). The molecule has 5 heteroatoms. The summed E-state index contributed by atoms with van der Waals surface area (Å²) in [5.41, 5.74) is 5.25. The van der Waals surface area contributed by atoms with Gasteiger partial charge in [-0.1, -0.05) is 0 Å². The van der Waals surface area contributed by atoms with Gasteiger partial charge in [0.15, 0.2) is 0 Å². The minimum absolute atomic E-state index is 0.0531. The molecule has 0 spiro atoms. The Kier molecular flexibility index (Phi) is 5.21. The Balaban J connectivity index is 2.49. The summed E-state index contributed by atoms with van der Waals surface area (Å²) in [6.45, 7) is 7.49. The van der Waals surface area contributed by atoms with E-state index in [1.54, 1.807) is 0 Å². The van der Waals surface area contributed by atoms with Gasteiger partial charge in [-0.3, -0.25) is 0 Å². The zero-order chi connectivity index (χ0) is 12.9. The first-order chi connectivity index (χ1) is 7.92. The van der Waals surface area contributed by atoms with Crippen molar-refractivity contribution in [3.8, 4) is 0 Å². The summed E-state index contributed by atoms with van der Waals surface area (Å²) in [5.74, 6) is 0.269. The van der Waals surface area contributed by atoms with Crippen LogP contribution in [-0.2, 0) is 9.47 Å². The van der Waals surface area contributed by atoms with Crippen molar-refractivity contribution in [3.05, 3.63) is 0 Å². The van der Waals surface area contributed by atoms with E-state index in [0.29, 0.717) is 19.8 Å². The van der Waals surface area contributed by atoms with E-state index in [1.165, 1.54) is 0 Å². The Morgan fingerprint density at radius 3 is 2.65 bits per heavy atom. The van der Waals surface area contributed by atoms with E-state index in [0.717, 1.165) is 12.8 Å². The van der Waals surface area contributed by atoms with Gasteiger partial charge < -0.3 is 20.5 Å². The monoisotopic (exact) mass is 244 g/mol. The number of carbonyl (C=O) groups is 1. The van der Waals surface area contributed by atoms with E-state index >= 15 is 0 Å². The van der Waals surface area contributed by atoms with Gasteiger partial charge in [0.2, 0.25) is 0 Å². The van der Waals surface area contributed by atoms with Crippen LogP contribution in [0.3, 0.4) is 0 Å². The number of ether oxygens (including phenoxy) is 2. The fourth-order valence-corrected chi connectivity index (χ4v) is 1.92. The second-order valence-corrected chi connectivity index (χ2v) is 5.44. The molecule has 5 nitrogen and oxygen atoms in total. The standard InChI is InChI=1S/C12H24N2O3/c1-12(2,3)17-11(15)14-10-5-7-16-6-4-9(10)8-13/h9-10H,4-8,13H2,1-3H3,(H,14,15)/t9-,10-/m1/s1. The van der Waals surface area contributed by atoms with Crippen LogP contribution in [0.5, 0.6) is 0 Å². The number of nitrogens with two attached hydrogens (primary N) is 1. The van der Waals surface area contributed by atoms with Gasteiger partial charge >= 0.3 is 6.09 Å². The summed E-state index contributed by atoms with van der Waals surface area (Å²) >= 11 is 0. The van der Waals surface area contributed by atoms with E-state index in [2.05, 4.69) is 5.32 Å². The third kappa shape index (κ3) is 5.37. The predicted octanol–water partition coefficient (Wildman–Crippen LogP) is 1.26. The molecule has 1 saturated heterocycles. The maximum absolute atomic E-state index is 11.7. The summed E-state index contributed by atoms with van der Waals surface area (Å²) in [7, 11) is 0. The quantitative estimate of drug-likeness (QED) is 0.767. The van der Waals surface area contributed by atoms with Crippen LogP contribution >= 0.6 is 0 Å². The van der Waals surface area contributed by atoms with Crippen molar-refractivity contribution in [1.82, 2.24) is 5.32 Å². The number of amides is 1. The predicted molar refractivity (Wildman–Crippen MR) is 65.8 cm³/mol. The molecule has 0 saturated carbocycles. The number of rotatable bonds is 2. The maximum Gasteiger partial charge on any atom is 0.407 e. The highest BCUT2D eigenvalue weighted by Crippen LogP contribution is 2.16. The number of nitrogens with one attached hydrogen (secondary N) is 1. The Bertz CT molecular complexity index is 251. The van der Waals surface area contributed by atoms with Crippen molar-refractivity contribution in [1.29, 1.82) is 0 Å². The number of hydrogen-bond donors (Lipinski definition) is 2. The van der Waals surface area contributed by atoms with Crippen LogP contribution < -0.4 is 11.1 Å². The van der Waals surface area contributed by atoms with Crippen LogP contribution in [0.25, 0.3) is 0 Å². The van der Waals surface area contributed by atoms with Gasteiger partial charge in [0.05, 0.1) is 0 Å². The fourth-order valence-electron chi connectivity index (χ4n) is 1.92. The Morgan fingerprint density at radius 2 is 2.06 bits per heavy atom. The van der Waals surface area contributed by atoms with E-state index in [-0.39, 0.29) is 18.1 Å². The zero-order valence-corrected chi connectivity index (χ0v) is 11.0. The van der Waals surface area contributed by atoms with Crippen LogP contribution in [0.2, 0.25) is 0 Å². The minimum atomic E-state index is -0.469. The first-order valence-electron chi connectivity index (χ1n) is 6.19. The highest BCUT2D eigenvalue weighted by molar-refractivity contribution is 5.68. The van der Waals surface area contributed by atoms with Crippen molar-refractivity contribution in [2.75, 3.05) is 19.8 Å². The lowest BCUT2D eigenvalue weighted by Crippen LogP contribution is -2.45. The topological polar surface area (TPSA) is 73.6 Å². The Labute approximate surface area is 103 Å². The molecule has 1 aliphatic rings. The molecule has 1 aliphatic heterocycles. The average molecular weight is 244 g/mol. The maximum atomic E-state index is 11.7. The van der Waals surface area contributed by atoms with Gasteiger partial charge in [-0.25, -0.2) is 4.79 Å². The van der Waals surface area contributed by atoms with Gasteiger partial charge in [-0.05, 0) is 46.1 Å². The molecule has 1 amide bonds. The second-order valence-electron chi connectivity index (χ2n) is 5.44. The van der Waals surface area contributed by atoms with E-state index in [4.69, 9.17) is 15.2 Å². The van der Waals surface area contributed by atoms with Gasteiger partial charge in [0.25, 0.3) is 0 Å². The third-order valence-electron chi connectivity index (χ3n) is 2.78. The molecule has 3 N–H and O–H groups in total. The van der Waals surface area contributed by atoms with Crippen molar-refractivity contribution < 1.29 is 14.3 Å². The van der Waals surface area contributed by atoms with Crippen molar-refractivity contribution in [3.63, 3.8) is 0 Å². The molecule has 0 unspecified atom stereocenters. The average Bonchev–Trinajstić information content (AvgIpc) is 2.39. The second kappa shape index (κ2) is 6.21. The zero-order valence-electron chi connectivity index (χ0n) is 11.0. The summed E-state index contributed by atoms with van der Waals surface area (Å²) in [6.07, 6.45) is 1.31. The molecule has 2 atom stereocenters. The lowest BCUT2D eigenvalue weighted by Gasteiger charge is -2.26. The molecule has 0 radical (unpaired) electrons. The lowest BCUT2D eigenvalue weighted by molar-refractivity contribution is 0.0483. The highest BCUT2D eigenvalue weighted by atomic mass is 16.6. The van der Waals surface area contributed by atoms with Crippen molar-refractivity contribution in [2.24, 2.45) is 11.7 Å². The molecule has 0 aromatic rings. The largest absolute Gasteiger partial charge is 0.444 e. The molecule has 100 valence electrons. The molecule has 0 aromatic heterocycles. The van der Waals surface area contributed by atoms with Crippen LogP contribution in [0.4, 0.5) is 4.79 Å². The Morgan fingerprint density at radius 1 is 1.41 bits per heavy atom. The molecular weight excluding hydrogens is 220 g/mol. The van der Waals surface area contributed by atoms with E-state index in [9.17, 15) is 4.79 Å². The van der Waals surface area contributed by atoms with Crippen molar-refractivity contribution >= 4 is 6.09 Å². The summed E-state index contributed by atoms with van der Waals surface area (Å²) in [4.78, 5) is 11.7. The summed E-state index contributed by atoms with van der Waals surface area (Å²) < 4.78 is 10.6. The molecule has 1 fully saturated rings. The smallest absolute Gasteiger partial charge is 0.407 e. The molecular formula is C12H24N2O3. The van der Waals surface area contributed by atoms with Crippen molar-refractivity contribution in [2.45, 2.75) is 45.3 Å². The van der Waals surface area contributed by atoms with Gasteiger partial charge in [0.1, 0.15) is 5.60 Å². The number of alkyl carbamates (subject to hydrolysis) is 1. The van der Waals surface area contributed by atoms with Crippen LogP contribution in [-0.4, -0.2) is 37.5 Å². The summed E-state index contributed by atoms with van der Waals surface area (Å²) in [6, 6.07) is 0.0531. The highest BCUT2D eigenvalue weighted by Gasteiger charge is 2.26. The molecule has 0 aliphatic carbocycles. The SMILES string of the molecule is CC(C)(C)OC(=O)N[C@@H]1CCOCC[C@@H]1CN. The van der Waals surface area contributed by atoms with Crippen LogP contribution in [0.15, 0.2) is 0 Å². The van der Waals surface area contributed by atoms with Crippen LogP contribution in [0.1, 0.15) is 33.6 Å². The van der Waals surface area contributed by atoms with Gasteiger partial charge in [-0.15, -0.1) is 0 Å². The first kappa shape index (κ1) is 14.3. The first-order valence-corrected chi connectivity index (χ1v) is 6.19. The number of carbonyl (C=O) groups excluding carboxylic acids is 1. The van der Waals surface area contributed by atoms with Crippen LogP contribution in [0, 0.1) is 5.92 Å². The molecule has 0 aromatic carbocycles. The lowest BCUT2D eigenvalue weighted by atomic mass is 9.95. The fraction of sp³-hybridized carbons (Fsp3) is 0.917. The Hall–Kier alpha value is -0.810. The molecule has 0 bridgehead atoms. The van der Waals surface area contributed by atoms with E-state index < -0.39 is 5.60 Å². The van der Waals surface area contributed by atoms with Gasteiger partial charge in [0, 0.05) is 19.3 Å².